The molecule has 5 aliphatic heterocycles. The summed E-state index contributed by atoms with van der Waals surface area (Å²) in [5.74, 6) is 2.63. The summed E-state index contributed by atoms with van der Waals surface area (Å²) in [5, 5.41) is 17.7. The number of nitrogens with two attached hydrogens (primary N) is 1. The number of cyclic esters (lactones) is 2. The molecule has 5 fully saturated rings. The quantitative estimate of drug-likeness (QED) is 0.00497. The third-order valence-electron chi connectivity index (χ3n) is 20.7. The van der Waals surface area contributed by atoms with E-state index in [2.05, 4.69) is 72.0 Å². The summed E-state index contributed by atoms with van der Waals surface area (Å²) < 4.78 is 81.4. The number of carbonyl (C=O) groups excluding carboxylic acids is 3. The van der Waals surface area contributed by atoms with Gasteiger partial charge in [-0.25, -0.2) is 19.6 Å². The van der Waals surface area contributed by atoms with Crippen molar-refractivity contribution in [2.24, 2.45) is 11.8 Å². The molecule has 0 spiro atoms. The third kappa shape index (κ3) is 19.6. The van der Waals surface area contributed by atoms with Gasteiger partial charge in [-0.2, -0.15) is 0 Å². The monoisotopic (exact) mass is 1580 g/mol. The maximum absolute atomic E-state index is 14.6. The first-order valence-corrected chi connectivity index (χ1v) is 40.7. The second-order valence-electron chi connectivity index (χ2n) is 28.7. The molecule has 0 saturated carbocycles. The minimum Gasteiger partial charge on any atom is -0.442 e. The van der Waals surface area contributed by atoms with Gasteiger partial charge in [0.05, 0.1) is 113 Å². The second kappa shape index (κ2) is 36.0. The summed E-state index contributed by atoms with van der Waals surface area (Å²) in [5.41, 5.74) is 7.72. The van der Waals surface area contributed by atoms with E-state index in [0.29, 0.717) is 70.5 Å². The van der Waals surface area contributed by atoms with Crippen LogP contribution in [0.1, 0.15) is 119 Å². The van der Waals surface area contributed by atoms with Gasteiger partial charge in [0.15, 0.2) is 6.23 Å². The summed E-state index contributed by atoms with van der Waals surface area (Å²) in [7, 11) is -5.60. The van der Waals surface area contributed by atoms with E-state index in [-0.39, 0.29) is 86.6 Å². The summed E-state index contributed by atoms with van der Waals surface area (Å²) in [6, 6.07) is 24.3. The van der Waals surface area contributed by atoms with Crippen LogP contribution in [-0.4, -0.2) is 204 Å². The van der Waals surface area contributed by atoms with Crippen molar-refractivity contribution < 1.29 is 79.8 Å². The molecule has 590 valence electrons. The molecule has 5 saturated heterocycles. The average molecular weight is 1580 g/mol. The van der Waals surface area contributed by atoms with Gasteiger partial charge in [0.1, 0.15) is 48.1 Å². The van der Waals surface area contributed by atoms with Gasteiger partial charge in [-0.15, -0.1) is 0 Å². The summed E-state index contributed by atoms with van der Waals surface area (Å²) >= 11 is 3.91. The lowest BCUT2D eigenvalue weighted by Crippen LogP contribution is -2.58. The number of fused-ring (bicyclic) bond motifs is 1. The van der Waals surface area contributed by atoms with Gasteiger partial charge < -0.3 is 77.6 Å². The van der Waals surface area contributed by atoms with E-state index in [9.17, 15) is 57.6 Å². The van der Waals surface area contributed by atoms with E-state index >= 15 is 0 Å². The fourth-order valence-electron chi connectivity index (χ4n) is 14.9. The zero-order valence-corrected chi connectivity index (χ0v) is 64.2. The predicted octanol–water partition coefficient (Wildman–Crippen LogP) is 5.21. The maximum Gasteiger partial charge on any atom is 0.330 e. The highest BCUT2D eigenvalue weighted by molar-refractivity contribution is 7.75. The van der Waals surface area contributed by atoms with Crippen LogP contribution in [-0.2, 0) is 67.0 Å². The molecule has 1 amide bonds. The normalized spacial score (nSPS) is 25.4. The Balaban J connectivity index is 0.766. The lowest BCUT2D eigenvalue weighted by molar-refractivity contribution is -0.979. The molecule has 9 heterocycles. The van der Waals surface area contributed by atoms with Crippen LogP contribution in [0, 0.1) is 23.7 Å². The number of ether oxygens (including phenoxy) is 5. The molecule has 110 heavy (non-hydrogen) atoms. The van der Waals surface area contributed by atoms with E-state index in [4.69, 9.17) is 42.6 Å². The fourth-order valence-corrected chi connectivity index (χ4v) is 17.9. The number of anilines is 1. The molecule has 33 nitrogen and oxygen atoms in total. The SMILES string of the molecule is CCCC[N+]1(CCN(C)C)CCC(=O)OC1c1ccc(-c2cn([C@H]3C[C@H](CP(=O)(O)OC[C@H]4O[C@@H](n5cc(-c6ccc(C7OC(=O)CCN7Cc7ccccc7)cc6)c6c(N)ncnc65)C[C@@H]4O)[C@@H](COP(=O)(O)C[C@H]4C[C@H](n5cc(C#CCNC(=O)CNCCC)c(=O)[nH]c5=O)O[C@@H]4COS)O3)c(=O)[nH]c2=O)cc1. The number of rotatable bonds is 32. The standard InChI is InChI=1S/C74H93N13O20P2S/c1-5-7-29-87(31-28-82(3)4)30-24-65(91)107-72(87)50-21-17-48(18-22-50)55-39-86(74(95)81-70(55)93)62-32-52(57(103-62)40-100-108(96,97)44-53-33-61(104-58(53)42-102-110)85-37-51(69(92)80-73(85)94)14-11-26-77-60(89)35-76-25-6-2)43-109(98,99)101-41-59-56(88)34-63(105-59)84-38-54(66-67(75)78-45-79-68(66)84)47-15-19-49(20-16-47)71-83(27-23-64(90)106-71)36-46-12-9-8-10-13-46/h8-10,12-13,15-22,37-39,45,52-53,56-59,61-63,71-72,76,88H,5-7,23-36,40-44H2,1-4H3,(H7-,75,77,78,79,80,81,89,92,93,94,95,96,97,98,99,110)/p+1/t52-,53-,56+,57-,58-,59-,61-,62-,63-,71?,72?,87?/m1/s1. The second-order valence-corrected chi connectivity index (χ2v) is 32.8. The molecule has 0 bridgehead atoms. The molecule has 14 atom stereocenters. The number of hydrogen-bond donors (Lipinski definition) is 9. The number of aromatic nitrogens is 7. The zero-order chi connectivity index (χ0) is 78.0. The Kier molecular flexibility index (Phi) is 26.6. The van der Waals surface area contributed by atoms with E-state index in [1.54, 1.807) is 35.0 Å². The lowest BCUT2D eigenvalue weighted by atomic mass is 10.0. The van der Waals surface area contributed by atoms with Gasteiger partial charge in [-0.05, 0) is 88.1 Å². The van der Waals surface area contributed by atoms with Gasteiger partial charge in [-0.1, -0.05) is 98.8 Å². The molecular weight excluding hydrogens is 1480 g/mol. The first kappa shape index (κ1) is 81.2. The van der Waals surface area contributed by atoms with Crippen LogP contribution in [0.2, 0.25) is 0 Å². The number of nitrogens with zero attached hydrogens (tertiary/aromatic N) is 8. The van der Waals surface area contributed by atoms with Crippen LogP contribution in [0.5, 0.6) is 0 Å². The summed E-state index contributed by atoms with van der Waals surface area (Å²) in [6.45, 7) is 6.97. The molecule has 0 aliphatic carbocycles. The number of nitrogen functional groups attached to an aromatic ring is 1. The van der Waals surface area contributed by atoms with Crippen molar-refractivity contribution >= 4 is 62.8 Å². The van der Waals surface area contributed by atoms with Crippen molar-refractivity contribution in [3.63, 3.8) is 0 Å². The Morgan fingerprint density at radius 3 is 2.01 bits per heavy atom. The molecule has 4 aromatic heterocycles. The molecule has 3 aromatic carbocycles. The van der Waals surface area contributed by atoms with Crippen molar-refractivity contribution in [1.82, 2.24) is 54.1 Å². The highest BCUT2D eigenvalue weighted by atomic mass is 32.1. The number of nitrogens with one attached hydrogen (secondary N) is 4. The third-order valence-corrected chi connectivity index (χ3v) is 23.8. The fraction of sp³-hybridized carbons (Fsp3) is 0.500. The van der Waals surface area contributed by atoms with Gasteiger partial charge in [-0.3, -0.25) is 61.6 Å². The molecule has 36 heteroatoms. The van der Waals surface area contributed by atoms with E-state index in [0.717, 1.165) is 52.6 Å². The Hall–Kier alpha value is -8.30. The van der Waals surface area contributed by atoms with E-state index < -0.39 is 131 Å². The first-order chi connectivity index (χ1) is 52.8. The van der Waals surface area contributed by atoms with Crippen LogP contribution in [0.25, 0.3) is 33.3 Å². The molecule has 12 rings (SSSR count). The molecule has 9 N–H and O–H groups in total. The van der Waals surface area contributed by atoms with Crippen molar-refractivity contribution in [1.29, 1.82) is 0 Å². The molecule has 7 aromatic rings. The van der Waals surface area contributed by atoms with Crippen molar-refractivity contribution in [2.45, 2.75) is 127 Å². The zero-order valence-electron chi connectivity index (χ0n) is 61.5. The summed E-state index contributed by atoms with van der Waals surface area (Å²) in [4.78, 5) is 133. The number of aromatic amines is 2. The Bertz CT molecular complexity index is 4840. The van der Waals surface area contributed by atoms with Crippen LogP contribution in [0.4, 0.5) is 5.82 Å². The van der Waals surface area contributed by atoms with Crippen LogP contribution in [0.3, 0.4) is 0 Å². The van der Waals surface area contributed by atoms with E-state index in [1.165, 1.54) is 18.7 Å². The number of thiol groups is 1. The van der Waals surface area contributed by atoms with Crippen molar-refractivity contribution in [2.75, 3.05) is 104 Å². The van der Waals surface area contributed by atoms with Crippen LogP contribution in [0.15, 0.2) is 123 Å². The van der Waals surface area contributed by atoms with Crippen LogP contribution < -0.4 is 38.9 Å². The number of unbranched alkanes of at least 4 members (excludes halogenated alkanes) is 1. The molecule has 5 unspecified atom stereocenters. The maximum atomic E-state index is 14.6. The minimum atomic E-state index is -4.81. The number of esters is 2. The predicted molar refractivity (Wildman–Crippen MR) is 405 cm³/mol. The van der Waals surface area contributed by atoms with E-state index in [1.807, 2.05) is 75.6 Å². The number of likely N-dealkylation sites (N-methyl/N-ethyl adjacent to an activating group) is 1. The van der Waals surface area contributed by atoms with Crippen molar-refractivity contribution in [3.8, 4) is 34.1 Å². The number of carbonyl (C=O) groups is 3. The van der Waals surface area contributed by atoms with Gasteiger partial charge >= 0.3 is 38.5 Å². The number of quaternary nitrogens is 1. The van der Waals surface area contributed by atoms with Gasteiger partial charge in [0.25, 0.3) is 17.3 Å². The largest absolute Gasteiger partial charge is 0.442 e. The smallest absolute Gasteiger partial charge is 0.330 e. The Labute approximate surface area is 638 Å². The number of aliphatic hydroxyl groups excluding tert-OH is 1. The molecular formula is C74H94N13O20P2S+. The minimum absolute atomic E-state index is 0.0242. The van der Waals surface area contributed by atoms with Gasteiger partial charge in [0.2, 0.25) is 5.91 Å². The number of aliphatic hydroxyl groups is 1. The highest BCUT2D eigenvalue weighted by Crippen LogP contribution is 2.53. The van der Waals surface area contributed by atoms with Gasteiger partial charge in [0, 0.05) is 67.6 Å². The molecule has 0 radical (unpaired) electrons. The Morgan fingerprint density at radius 2 is 1.35 bits per heavy atom. The highest BCUT2D eigenvalue weighted by Gasteiger charge is 2.48. The van der Waals surface area contributed by atoms with Crippen LogP contribution >= 0.6 is 28.1 Å². The number of benzene rings is 3. The Morgan fingerprint density at radius 1 is 0.736 bits per heavy atom. The topological polar surface area (TPSA) is 417 Å². The average Bonchev–Trinajstić information content (AvgIpc) is 1.51. The summed E-state index contributed by atoms with van der Waals surface area (Å²) in [6.07, 6.45) is -2.24. The number of H-pyrrole nitrogens is 2. The molecule has 5 aliphatic rings. The number of amides is 1. The van der Waals surface area contributed by atoms with Crippen molar-refractivity contribution in [3.05, 3.63) is 168 Å². The first-order valence-electron chi connectivity index (χ1n) is 36.8. The lowest BCUT2D eigenvalue weighted by Gasteiger charge is -2.47. The number of hydrogen-bond acceptors (Lipinski definition) is 25.